The molecule has 0 aliphatic heterocycles. The number of pyridine rings is 1. The largest absolute Gasteiger partial charge is 0.421 e. The first-order valence-corrected chi connectivity index (χ1v) is 10.3. The molecule has 4 aromatic rings. The lowest BCUT2D eigenvalue weighted by atomic mass is 9.99. The van der Waals surface area contributed by atoms with E-state index in [9.17, 15) is 18.8 Å². The summed E-state index contributed by atoms with van der Waals surface area (Å²) in [5, 5.41) is 5.78. The van der Waals surface area contributed by atoms with E-state index in [-0.39, 0.29) is 33.8 Å². The number of aromatic nitrogens is 1. The average molecular weight is 447 g/mol. The van der Waals surface area contributed by atoms with Gasteiger partial charge in [-0.25, -0.2) is 9.18 Å². The minimum Gasteiger partial charge on any atom is -0.421 e. The Hall–Kier alpha value is -4.20. The van der Waals surface area contributed by atoms with Gasteiger partial charge in [0, 0.05) is 30.9 Å². The Morgan fingerprint density at radius 3 is 2.48 bits per heavy atom. The number of hydrogen-bond acceptors (Lipinski definition) is 5. The smallest absolute Gasteiger partial charge is 0.341 e. The van der Waals surface area contributed by atoms with Crippen molar-refractivity contribution in [3.63, 3.8) is 0 Å². The van der Waals surface area contributed by atoms with Crippen molar-refractivity contribution in [1.82, 2.24) is 4.57 Å². The van der Waals surface area contributed by atoms with Crippen LogP contribution in [-0.2, 0) is 11.8 Å². The van der Waals surface area contributed by atoms with E-state index in [1.165, 1.54) is 30.5 Å². The predicted molar refractivity (Wildman–Crippen MR) is 127 cm³/mol. The van der Waals surface area contributed by atoms with Crippen LogP contribution in [0.1, 0.15) is 18.2 Å². The Kier molecular flexibility index (Phi) is 5.59. The van der Waals surface area contributed by atoms with E-state index in [0.717, 1.165) is 0 Å². The van der Waals surface area contributed by atoms with E-state index in [1.807, 2.05) is 0 Å². The summed E-state index contributed by atoms with van der Waals surface area (Å²) in [7, 11) is 1.62. The van der Waals surface area contributed by atoms with E-state index < -0.39 is 17.0 Å². The lowest BCUT2D eigenvalue weighted by Crippen LogP contribution is -2.23. The summed E-state index contributed by atoms with van der Waals surface area (Å²) < 4.78 is 21.4. The number of para-hydroxylation sites is 1. The Bertz CT molecular complexity index is 1540. The van der Waals surface area contributed by atoms with Gasteiger partial charge in [-0.2, -0.15) is 0 Å². The number of hydrogen-bond donors (Lipinski definition) is 2. The van der Waals surface area contributed by atoms with Gasteiger partial charge in [-0.05, 0) is 43.7 Å². The Morgan fingerprint density at radius 2 is 1.79 bits per heavy atom. The third-order valence-corrected chi connectivity index (χ3v) is 5.57. The van der Waals surface area contributed by atoms with Crippen molar-refractivity contribution >= 4 is 33.9 Å². The second kappa shape index (κ2) is 8.38. The molecule has 0 radical (unpaired) electrons. The minimum atomic E-state index is -0.645. The summed E-state index contributed by atoms with van der Waals surface area (Å²) >= 11 is 0. The number of halogens is 1. The average Bonchev–Trinajstić information content (AvgIpc) is 2.77. The fourth-order valence-corrected chi connectivity index (χ4v) is 3.80. The van der Waals surface area contributed by atoms with Crippen molar-refractivity contribution in [3.05, 3.63) is 86.4 Å². The topological polar surface area (TPSA) is 93.3 Å². The second-order valence-electron chi connectivity index (χ2n) is 7.79. The first-order valence-electron chi connectivity index (χ1n) is 10.3. The summed E-state index contributed by atoms with van der Waals surface area (Å²) in [6, 6.07) is 13.0. The molecule has 33 heavy (non-hydrogen) atoms. The van der Waals surface area contributed by atoms with Crippen LogP contribution in [0, 0.1) is 19.7 Å². The SMILES string of the molecule is CC(=O)Nc1cccc(-c2c(C)n(C)c(=O)c3c(Nc4ccccc4F)c(C)c(=O)oc23)c1. The normalized spacial score (nSPS) is 10.9. The third-order valence-electron chi connectivity index (χ3n) is 5.57. The van der Waals surface area contributed by atoms with Crippen molar-refractivity contribution in [3.8, 4) is 11.1 Å². The maximum Gasteiger partial charge on any atom is 0.341 e. The van der Waals surface area contributed by atoms with Gasteiger partial charge in [-0.15, -0.1) is 0 Å². The molecule has 0 bridgehead atoms. The molecule has 168 valence electrons. The first-order chi connectivity index (χ1) is 15.7. The molecule has 8 heteroatoms. The summed E-state index contributed by atoms with van der Waals surface area (Å²) in [5.41, 5.74) is 1.81. The van der Waals surface area contributed by atoms with E-state index in [4.69, 9.17) is 4.42 Å². The fourth-order valence-electron chi connectivity index (χ4n) is 3.80. The van der Waals surface area contributed by atoms with Crippen LogP contribution < -0.4 is 21.8 Å². The zero-order valence-corrected chi connectivity index (χ0v) is 18.6. The number of rotatable bonds is 4. The molecule has 0 unspecified atom stereocenters. The highest BCUT2D eigenvalue weighted by molar-refractivity contribution is 6.01. The van der Waals surface area contributed by atoms with Crippen molar-refractivity contribution in [2.45, 2.75) is 20.8 Å². The van der Waals surface area contributed by atoms with Crippen molar-refractivity contribution < 1.29 is 13.6 Å². The number of benzene rings is 2. The summed E-state index contributed by atoms with van der Waals surface area (Å²) in [6.45, 7) is 4.66. The van der Waals surface area contributed by atoms with Crippen LogP contribution in [0.4, 0.5) is 21.5 Å². The predicted octanol–water partition coefficient (Wildman–Crippen LogP) is 4.62. The molecule has 0 aliphatic carbocycles. The summed E-state index contributed by atoms with van der Waals surface area (Å²) in [5.74, 6) is -0.752. The second-order valence-corrected chi connectivity index (χ2v) is 7.79. The highest BCUT2D eigenvalue weighted by Crippen LogP contribution is 2.35. The van der Waals surface area contributed by atoms with Crippen LogP contribution in [0.5, 0.6) is 0 Å². The quantitative estimate of drug-likeness (QED) is 0.476. The highest BCUT2D eigenvalue weighted by Gasteiger charge is 2.23. The Morgan fingerprint density at radius 1 is 1.06 bits per heavy atom. The van der Waals surface area contributed by atoms with Gasteiger partial charge < -0.3 is 19.6 Å². The maximum atomic E-state index is 14.4. The number of nitrogens with zero attached hydrogens (tertiary/aromatic N) is 1. The number of carbonyl (C=O) groups is 1. The van der Waals surface area contributed by atoms with Crippen LogP contribution in [0.15, 0.2) is 62.5 Å². The van der Waals surface area contributed by atoms with Crippen molar-refractivity contribution in [2.24, 2.45) is 7.05 Å². The van der Waals surface area contributed by atoms with E-state index in [0.29, 0.717) is 22.5 Å². The van der Waals surface area contributed by atoms with Crippen LogP contribution in [0.3, 0.4) is 0 Å². The standard InChI is InChI=1S/C25H22FN3O4/c1-13-22(28-19-11-6-5-10-18(19)26)21-23(33-25(13)32)20(14(2)29(4)24(21)31)16-8-7-9-17(12-16)27-15(3)30/h5-12,28H,1-4H3,(H,27,30). The number of amides is 1. The molecule has 7 nitrogen and oxygen atoms in total. The van der Waals surface area contributed by atoms with Crippen LogP contribution >= 0.6 is 0 Å². The van der Waals surface area contributed by atoms with Gasteiger partial charge in [0.15, 0.2) is 5.58 Å². The Balaban J connectivity index is 2.08. The molecule has 1 amide bonds. The van der Waals surface area contributed by atoms with E-state index >= 15 is 0 Å². The van der Waals surface area contributed by atoms with Crippen molar-refractivity contribution in [1.29, 1.82) is 0 Å². The Labute approximate surface area is 188 Å². The third kappa shape index (κ3) is 3.91. The van der Waals surface area contributed by atoms with Gasteiger partial charge in [-0.1, -0.05) is 24.3 Å². The van der Waals surface area contributed by atoms with E-state index in [2.05, 4.69) is 10.6 Å². The fraction of sp³-hybridized carbons (Fsp3) is 0.160. The lowest BCUT2D eigenvalue weighted by Gasteiger charge is -2.18. The van der Waals surface area contributed by atoms with Crippen LogP contribution in [0.25, 0.3) is 22.1 Å². The monoisotopic (exact) mass is 447 g/mol. The molecule has 2 aromatic heterocycles. The molecule has 0 spiro atoms. The minimum absolute atomic E-state index is 0.0880. The number of carbonyl (C=O) groups excluding carboxylic acids is 1. The van der Waals surface area contributed by atoms with Crippen LogP contribution in [-0.4, -0.2) is 10.5 Å². The highest BCUT2D eigenvalue weighted by atomic mass is 19.1. The molecule has 4 rings (SSSR count). The zero-order chi connectivity index (χ0) is 23.9. The molecular weight excluding hydrogens is 425 g/mol. The van der Waals surface area contributed by atoms with Gasteiger partial charge in [0.2, 0.25) is 5.91 Å². The van der Waals surface area contributed by atoms with E-state index in [1.54, 1.807) is 50.4 Å². The number of fused-ring (bicyclic) bond motifs is 1. The molecule has 0 aliphatic rings. The van der Waals surface area contributed by atoms with Gasteiger partial charge >= 0.3 is 5.63 Å². The van der Waals surface area contributed by atoms with Gasteiger partial charge in [0.25, 0.3) is 5.56 Å². The number of anilines is 3. The van der Waals surface area contributed by atoms with Gasteiger partial charge in [0.1, 0.15) is 11.2 Å². The van der Waals surface area contributed by atoms with Gasteiger partial charge in [-0.3, -0.25) is 9.59 Å². The molecular formula is C25H22FN3O4. The summed E-state index contributed by atoms with van der Waals surface area (Å²) in [4.78, 5) is 37.6. The molecule has 0 saturated carbocycles. The molecule has 0 fully saturated rings. The molecule has 2 N–H and O–H groups in total. The van der Waals surface area contributed by atoms with Gasteiger partial charge in [0.05, 0.1) is 16.9 Å². The van der Waals surface area contributed by atoms with Crippen molar-refractivity contribution in [2.75, 3.05) is 10.6 Å². The molecule has 2 aromatic carbocycles. The number of nitrogens with one attached hydrogen (secondary N) is 2. The summed E-state index contributed by atoms with van der Waals surface area (Å²) in [6.07, 6.45) is 0. The lowest BCUT2D eigenvalue weighted by molar-refractivity contribution is -0.114. The zero-order valence-electron chi connectivity index (χ0n) is 18.6. The maximum absolute atomic E-state index is 14.4. The molecule has 0 saturated heterocycles. The molecule has 2 heterocycles. The van der Waals surface area contributed by atoms with Crippen LogP contribution in [0.2, 0.25) is 0 Å². The first kappa shape index (κ1) is 22.0. The molecule has 0 atom stereocenters.